The molecule has 0 radical (unpaired) electrons. The van der Waals surface area contributed by atoms with Crippen LogP contribution in [-0.4, -0.2) is 34.9 Å². The van der Waals surface area contributed by atoms with Crippen LogP contribution in [0, 0.1) is 3.57 Å². The summed E-state index contributed by atoms with van der Waals surface area (Å²) in [5, 5.41) is 6.93. The number of ether oxygens (including phenoxy) is 1. The van der Waals surface area contributed by atoms with E-state index in [9.17, 15) is 4.79 Å². The smallest absolute Gasteiger partial charge is 0.272 e. The van der Waals surface area contributed by atoms with E-state index in [-0.39, 0.29) is 12.0 Å². The second-order valence-corrected chi connectivity index (χ2v) is 5.19. The van der Waals surface area contributed by atoms with Crippen molar-refractivity contribution >= 4 is 28.5 Å². The number of hydrogen-bond acceptors (Lipinski definition) is 3. The van der Waals surface area contributed by atoms with Gasteiger partial charge in [0.2, 0.25) is 0 Å². The van der Waals surface area contributed by atoms with Gasteiger partial charge < -0.3 is 10.1 Å². The Hall–Kier alpha value is -0.630. The molecule has 17 heavy (non-hydrogen) atoms. The van der Waals surface area contributed by atoms with E-state index < -0.39 is 0 Å². The molecule has 0 unspecified atom stereocenters. The van der Waals surface area contributed by atoms with Gasteiger partial charge in [0.1, 0.15) is 0 Å². The van der Waals surface area contributed by atoms with Crippen LogP contribution in [0.3, 0.4) is 0 Å². The molecule has 1 heterocycles. The molecule has 5 nitrogen and oxygen atoms in total. The molecule has 0 aliphatic rings. The monoisotopic (exact) mass is 351 g/mol. The van der Waals surface area contributed by atoms with Gasteiger partial charge in [-0.2, -0.15) is 5.10 Å². The first kappa shape index (κ1) is 14.4. The van der Waals surface area contributed by atoms with Crippen molar-refractivity contribution in [2.45, 2.75) is 26.4 Å². The molecule has 0 aromatic carbocycles. The zero-order valence-electron chi connectivity index (χ0n) is 10.4. The Morgan fingerprint density at radius 3 is 2.88 bits per heavy atom. The minimum absolute atomic E-state index is 0.125. The first-order valence-corrected chi connectivity index (χ1v) is 6.67. The number of hydrogen-bond donors (Lipinski definition) is 1. The number of amides is 1. The zero-order valence-corrected chi connectivity index (χ0v) is 12.5. The number of carbonyl (C=O) groups is 1. The van der Waals surface area contributed by atoms with Gasteiger partial charge in [0, 0.05) is 26.4 Å². The van der Waals surface area contributed by atoms with Crippen LogP contribution < -0.4 is 5.32 Å². The van der Waals surface area contributed by atoms with Crippen molar-refractivity contribution in [2.24, 2.45) is 7.05 Å². The van der Waals surface area contributed by atoms with Crippen LogP contribution in [-0.2, 0) is 11.8 Å². The first-order chi connectivity index (χ1) is 8.00. The lowest BCUT2D eigenvalue weighted by Gasteiger charge is -2.07. The number of aryl methyl sites for hydroxylation is 1. The van der Waals surface area contributed by atoms with Crippen LogP contribution in [0.25, 0.3) is 0 Å². The topological polar surface area (TPSA) is 56.1 Å². The minimum atomic E-state index is -0.125. The van der Waals surface area contributed by atoms with Crippen LogP contribution >= 0.6 is 22.6 Å². The third-order valence-electron chi connectivity index (χ3n) is 2.06. The SMILES string of the molecule is CC(C)OCCCNC(=O)c1nn(C)cc1I. The average Bonchev–Trinajstić information content (AvgIpc) is 2.56. The number of halogens is 1. The number of rotatable bonds is 6. The number of nitrogens with zero attached hydrogens (tertiary/aromatic N) is 2. The maximum absolute atomic E-state index is 11.7. The molecule has 6 heteroatoms. The molecule has 1 aromatic rings. The summed E-state index contributed by atoms with van der Waals surface area (Å²) in [5.41, 5.74) is 0.484. The highest BCUT2D eigenvalue weighted by Gasteiger charge is 2.13. The van der Waals surface area contributed by atoms with Crippen molar-refractivity contribution in [1.29, 1.82) is 0 Å². The van der Waals surface area contributed by atoms with E-state index in [0.717, 1.165) is 9.99 Å². The largest absolute Gasteiger partial charge is 0.379 e. The number of aromatic nitrogens is 2. The molecule has 0 saturated carbocycles. The van der Waals surface area contributed by atoms with Crippen molar-refractivity contribution < 1.29 is 9.53 Å². The van der Waals surface area contributed by atoms with E-state index in [0.29, 0.717) is 18.8 Å². The standard InChI is InChI=1S/C11H18IN3O2/c1-8(2)17-6-4-5-13-11(16)10-9(12)7-15(3)14-10/h7-8H,4-6H2,1-3H3,(H,13,16). The average molecular weight is 351 g/mol. The van der Waals surface area contributed by atoms with Gasteiger partial charge in [0.25, 0.3) is 5.91 Å². The lowest BCUT2D eigenvalue weighted by atomic mass is 10.4. The molecule has 0 fully saturated rings. The number of nitrogens with one attached hydrogen (secondary N) is 1. The fourth-order valence-electron chi connectivity index (χ4n) is 1.29. The van der Waals surface area contributed by atoms with Gasteiger partial charge in [0.05, 0.1) is 9.67 Å². The molecule has 1 N–H and O–H groups in total. The van der Waals surface area contributed by atoms with Gasteiger partial charge in [0.15, 0.2) is 5.69 Å². The van der Waals surface area contributed by atoms with Crippen LogP contribution in [0.1, 0.15) is 30.8 Å². The van der Waals surface area contributed by atoms with Crippen molar-refractivity contribution in [3.05, 3.63) is 15.5 Å². The molecule has 1 aromatic heterocycles. The fraction of sp³-hybridized carbons (Fsp3) is 0.636. The summed E-state index contributed by atoms with van der Waals surface area (Å²) in [6, 6.07) is 0. The minimum Gasteiger partial charge on any atom is -0.379 e. The highest BCUT2D eigenvalue weighted by molar-refractivity contribution is 14.1. The lowest BCUT2D eigenvalue weighted by molar-refractivity contribution is 0.0756. The highest BCUT2D eigenvalue weighted by Crippen LogP contribution is 2.08. The van der Waals surface area contributed by atoms with Gasteiger partial charge in [-0.25, -0.2) is 0 Å². The van der Waals surface area contributed by atoms with Crippen molar-refractivity contribution in [1.82, 2.24) is 15.1 Å². The third-order valence-corrected chi connectivity index (χ3v) is 2.85. The lowest BCUT2D eigenvalue weighted by Crippen LogP contribution is -2.26. The summed E-state index contributed by atoms with van der Waals surface area (Å²) in [6.45, 7) is 5.26. The summed E-state index contributed by atoms with van der Waals surface area (Å²) in [4.78, 5) is 11.7. The van der Waals surface area contributed by atoms with E-state index in [2.05, 4.69) is 33.0 Å². The Morgan fingerprint density at radius 2 is 2.35 bits per heavy atom. The highest BCUT2D eigenvalue weighted by atomic mass is 127. The van der Waals surface area contributed by atoms with Crippen LogP contribution in [0.4, 0.5) is 0 Å². The van der Waals surface area contributed by atoms with Gasteiger partial charge >= 0.3 is 0 Å². The normalized spacial score (nSPS) is 10.9. The predicted octanol–water partition coefficient (Wildman–Crippen LogP) is 1.57. The fourth-order valence-corrected chi connectivity index (χ4v) is 2.05. The van der Waals surface area contributed by atoms with Gasteiger partial charge in [-0.15, -0.1) is 0 Å². The summed E-state index contributed by atoms with van der Waals surface area (Å²) >= 11 is 2.10. The summed E-state index contributed by atoms with van der Waals surface area (Å²) in [6.07, 6.45) is 2.87. The summed E-state index contributed by atoms with van der Waals surface area (Å²) < 4.78 is 7.88. The van der Waals surface area contributed by atoms with E-state index in [1.54, 1.807) is 11.7 Å². The van der Waals surface area contributed by atoms with E-state index in [4.69, 9.17) is 4.74 Å². The zero-order chi connectivity index (χ0) is 12.8. The predicted molar refractivity (Wildman–Crippen MR) is 74.0 cm³/mol. The number of carbonyl (C=O) groups excluding carboxylic acids is 1. The van der Waals surface area contributed by atoms with Crippen molar-refractivity contribution in [3.63, 3.8) is 0 Å². The van der Waals surface area contributed by atoms with E-state index in [1.165, 1.54) is 0 Å². The van der Waals surface area contributed by atoms with Gasteiger partial charge in [-0.3, -0.25) is 9.48 Å². The molecule has 0 aliphatic carbocycles. The van der Waals surface area contributed by atoms with Crippen LogP contribution in [0.2, 0.25) is 0 Å². The maximum atomic E-state index is 11.7. The summed E-state index contributed by atoms with van der Waals surface area (Å²) in [7, 11) is 1.80. The Labute approximate surface area is 115 Å². The van der Waals surface area contributed by atoms with E-state index >= 15 is 0 Å². The third kappa shape index (κ3) is 5.03. The Bertz CT molecular complexity index is 377. The molecule has 0 bridgehead atoms. The van der Waals surface area contributed by atoms with Gasteiger partial charge in [-0.1, -0.05) is 0 Å². The summed E-state index contributed by atoms with van der Waals surface area (Å²) in [5.74, 6) is -0.125. The molecule has 0 spiro atoms. The molecule has 1 rings (SSSR count). The molecule has 0 saturated heterocycles. The molecule has 1 amide bonds. The molecular formula is C11H18IN3O2. The molecule has 96 valence electrons. The van der Waals surface area contributed by atoms with Crippen molar-refractivity contribution in [3.8, 4) is 0 Å². The Kier molecular flexibility index (Phi) is 5.90. The molecule has 0 atom stereocenters. The quantitative estimate of drug-likeness (QED) is 0.625. The first-order valence-electron chi connectivity index (χ1n) is 5.59. The second-order valence-electron chi connectivity index (χ2n) is 4.03. The van der Waals surface area contributed by atoms with Gasteiger partial charge in [-0.05, 0) is 42.9 Å². The molecular weight excluding hydrogens is 333 g/mol. The van der Waals surface area contributed by atoms with E-state index in [1.807, 2.05) is 20.0 Å². The maximum Gasteiger partial charge on any atom is 0.272 e. The molecule has 0 aliphatic heterocycles. The second kappa shape index (κ2) is 6.95. The Balaban J connectivity index is 2.28. The van der Waals surface area contributed by atoms with Crippen molar-refractivity contribution in [2.75, 3.05) is 13.2 Å². The van der Waals surface area contributed by atoms with Crippen LogP contribution in [0.5, 0.6) is 0 Å². The Morgan fingerprint density at radius 1 is 1.65 bits per heavy atom. The van der Waals surface area contributed by atoms with Crippen LogP contribution in [0.15, 0.2) is 6.20 Å².